The first kappa shape index (κ1) is 15.3. The lowest BCUT2D eigenvalue weighted by Crippen LogP contribution is -2.36. The third-order valence-electron chi connectivity index (χ3n) is 3.58. The molecule has 2 aromatic rings. The quantitative estimate of drug-likeness (QED) is 0.666. The number of ether oxygens (including phenoxy) is 1. The van der Waals surface area contributed by atoms with Crippen LogP contribution in [0.1, 0.15) is 5.69 Å². The minimum Gasteiger partial charge on any atom is -0.378 e. The summed E-state index contributed by atoms with van der Waals surface area (Å²) < 4.78 is 5.37. The second-order valence-electron chi connectivity index (χ2n) is 5.28. The van der Waals surface area contributed by atoms with Gasteiger partial charge in [0.15, 0.2) is 5.96 Å². The van der Waals surface area contributed by atoms with E-state index in [0.717, 1.165) is 43.5 Å². The Balaban J connectivity index is 1.62. The van der Waals surface area contributed by atoms with Crippen molar-refractivity contribution in [2.45, 2.75) is 6.54 Å². The van der Waals surface area contributed by atoms with Gasteiger partial charge in [-0.2, -0.15) is 0 Å². The normalized spacial score (nSPS) is 15.5. The lowest BCUT2D eigenvalue weighted by molar-refractivity contribution is 0.122. The molecule has 1 aromatic carbocycles. The summed E-state index contributed by atoms with van der Waals surface area (Å²) in [6.45, 7) is 3.69. The van der Waals surface area contributed by atoms with Crippen LogP contribution in [0.4, 0.5) is 11.5 Å². The molecular formula is C17H21N5O. The standard InChI is InChI=1S/C17H21N5O/c18-17(21-14-5-2-1-3-6-14)19-13-15-7-4-8-16(20-15)22-9-11-23-12-10-22/h1-8H,9-13H2,(H3,18,19,21). The maximum atomic E-state index is 5.92. The smallest absolute Gasteiger partial charge is 0.193 e. The number of pyridine rings is 1. The van der Waals surface area contributed by atoms with E-state index < -0.39 is 0 Å². The van der Waals surface area contributed by atoms with Crippen LogP contribution in [0.2, 0.25) is 0 Å². The molecule has 0 radical (unpaired) electrons. The van der Waals surface area contributed by atoms with E-state index in [4.69, 9.17) is 10.5 Å². The second kappa shape index (κ2) is 7.60. The van der Waals surface area contributed by atoms with Crippen molar-refractivity contribution < 1.29 is 4.74 Å². The zero-order valence-corrected chi connectivity index (χ0v) is 13.0. The molecule has 3 rings (SSSR count). The molecule has 1 aromatic heterocycles. The molecule has 6 nitrogen and oxygen atoms in total. The molecule has 1 aliphatic heterocycles. The van der Waals surface area contributed by atoms with E-state index in [2.05, 4.69) is 20.2 Å². The van der Waals surface area contributed by atoms with Crippen LogP contribution in [-0.2, 0) is 11.3 Å². The van der Waals surface area contributed by atoms with E-state index in [-0.39, 0.29) is 0 Å². The minimum absolute atomic E-state index is 0.384. The summed E-state index contributed by atoms with van der Waals surface area (Å²) in [6.07, 6.45) is 0. The molecule has 0 unspecified atom stereocenters. The molecule has 3 N–H and O–H groups in total. The fourth-order valence-electron chi connectivity index (χ4n) is 2.40. The Bertz CT molecular complexity index is 653. The van der Waals surface area contributed by atoms with E-state index in [0.29, 0.717) is 12.5 Å². The summed E-state index contributed by atoms with van der Waals surface area (Å²) in [5.41, 5.74) is 7.73. The van der Waals surface area contributed by atoms with Crippen molar-refractivity contribution in [3.05, 3.63) is 54.2 Å². The van der Waals surface area contributed by atoms with Crippen LogP contribution in [0.15, 0.2) is 53.5 Å². The SMILES string of the molecule is NC(=NCc1cccc(N2CCOCC2)n1)Nc1ccccc1. The van der Waals surface area contributed by atoms with Crippen molar-refractivity contribution in [3.63, 3.8) is 0 Å². The summed E-state index contributed by atoms with van der Waals surface area (Å²) in [4.78, 5) is 11.2. The van der Waals surface area contributed by atoms with Crippen LogP contribution in [-0.4, -0.2) is 37.2 Å². The van der Waals surface area contributed by atoms with Gasteiger partial charge in [-0.05, 0) is 24.3 Å². The number of rotatable bonds is 4. The van der Waals surface area contributed by atoms with Gasteiger partial charge in [0.25, 0.3) is 0 Å². The molecule has 1 fully saturated rings. The second-order valence-corrected chi connectivity index (χ2v) is 5.28. The Morgan fingerprint density at radius 1 is 1.13 bits per heavy atom. The van der Waals surface area contributed by atoms with Crippen LogP contribution in [0.25, 0.3) is 0 Å². The molecule has 0 amide bonds. The zero-order valence-electron chi connectivity index (χ0n) is 13.0. The van der Waals surface area contributed by atoms with E-state index in [1.54, 1.807) is 0 Å². The molecule has 2 heterocycles. The Kier molecular flexibility index (Phi) is 5.06. The number of aromatic nitrogens is 1. The van der Waals surface area contributed by atoms with Crippen LogP contribution < -0.4 is 16.0 Å². The first-order valence-corrected chi connectivity index (χ1v) is 7.72. The first-order chi connectivity index (χ1) is 11.3. The van der Waals surface area contributed by atoms with Gasteiger partial charge in [0.05, 0.1) is 25.5 Å². The number of nitrogens with one attached hydrogen (secondary N) is 1. The number of anilines is 2. The van der Waals surface area contributed by atoms with Gasteiger partial charge in [-0.15, -0.1) is 0 Å². The molecule has 0 atom stereocenters. The highest BCUT2D eigenvalue weighted by atomic mass is 16.5. The Hall–Kier alpha value is -2.60. The van der Waals surface area contributed by atoms with Crippen molar-refractivity contribution in [3.8, 4) is 0 Å². The zero-order chi connectivity index (χ0) is 15.9. The Labute approximate surface area is 136 Å². The highest BCUT2D eigenvalue weighted by Gasteiger charge is 2.12. The molecule has 1 aliphatic rings. The van der Waals surface area contributed by atoms with Crippen molar-refractivity contribution in [2.24, 2.45) is 10.7 Å². The maximum Gasteiger partial charge on any atom is 0.193 e. The van der Waals surface area contributed by atoms with Crippen LogP contribution >= 0.6 is 0 Å². The number of nitrogens with two attached hydrogens (primary N) is 1. The van der Waals surface area contributed by atoms with E-state index in [1.807, 2.05) is 48.5 Å². The fraction of sp³-hybridized carbons (Fsp3) is 0.294. The molecular weight excluding hydrogens is 290 g/mol. The highest BCUT2D eigenvalue weighted by Crippen LogP contribution is 2.13. The summed E-state index contributed by atoms with van der Waals surface area (Å²) in [7, 11) is 0. The average Bonchev–Trinajstić information content (AvgIpc) is 2.62. The van der Waals surface area contributed by atoms with Gasteiger partial charge in [0, 0.05) is 18.8 Å². The summed E-state index contributed by atoms with van der Waals surface area (Å²) in [5, 5.41) is 3.06. The third kappa shape index (κ3) is 4.43. The number of morpholine rings is 1. The fourth-order valence-corrected chi connectivity index (χ4v) is 2.40. The molecule has 23 heavy (non-hydrogen) atoms. The number of aliphatic imine (C=N–C) groups is 1. The number of benzene rings is 1. The lowest BCUT2D eigenvalue weighted by atomic mass is 10.3. The molecule has 0 bridgehead atoms. The molecule has 6 heteroatoms. The monoisotopic (exact) mass is 311 g/mol. The predicted octanol–water partition coefficient (Wildman–Crippen LogP) is 1.84. The number of hydrogen-bond acceptors (Lipinski definition) is 4. The number of hydrogen-bond donors (Lipinski definition) is 2. The largest absolute Gasteiger partial charge is 0.378 e. The van der Waals surface area contributed by atoms with Crippen molar-refractivity contribution in [1.29, 1.82) is 0 Å². The van der Waals surface area contributed by atoms with Gasteiger partial charge in [-0.3, -0.25) is 0 Å². The van der Waals surface area contributed by atoms with Gasteiger partial charge in [0.2, 0.25) is 0 Å². The minimum atomic E-state index is 0.384. The molecule has 1 saturated heterocycles. The van der Waals surface area contributed by atoms with Crippen molar-refractivity contribution in [1.82, 2.24) is 4.98 Å². The first-order valence-electron chi connectivity index (χ1n) is 7.72. The maximum absolute atomic E-state index is 5.92. The van der Waals surface area contributed by atoms with Gasteiger partial charge in [0.1, 0.15) is 5.82 Å². The van der Waals surface area contributed by atoms with Gasteiger partial charge in [-0.25, -0.2) is 9.98 Å². The van der Waals surface area contributed by atoms with E-state index >= 15 is 0 Å². The summed E-state index contributed by atoms with van der Waals surface area (Å²) in [6, 6.07) is 15.7. The van der Waals surface area contributed by atoms with E-state index in [1.165, 1.54) is 0 Å². The summed E-state index contributed by atoms with van der Waals surface area (Å²) in [5.74, 6) is 1.35. The van der Waals surface area contributed by atoms with Gasteiger partial charge >= 0.3 is 0 Å². The summed E-state index contributed by atoms with van der Waals surface area (Å²) >= 11 is 0. The van der Waals surface area contributed by atoms with Gasteiger partial charge < -0.3 is 20.7 Å². The van der Waals surface area contributed by atoms with Crippen LogP contribution in [0.3, 0.4) is 0 Å². The third-order valence-corrected chi connectivity index (χ3v) is 3.58. The van der Waals surface area contributed by atoms with Gasteiger partial charge in [-0.1, -0.05) is 24.3 Å². The molecule has 0 spiro atoms. The van der Waals surface area contributed by atoms with Crippen molar-refractivity contribution >= 4 is 17.5 Å². The number of nitrogens with zero attached hydrogens (tertiary/aromatic N) is 3. The topological polar surface area (TPSA) is 75.8 Å². The molecule has 0 aliphatic carbocycles. The molecule has 120 valence electrons. The van der Waals surface area contributed by atoms with Crippen LogP contribution in [0, 0.1) is 0 Å². The molecule has 0 saturated carbocycles. The lowest BCUT2D eigenvalue weighted by Gasteiger charge is -2.27. The van der Waals surface area contributed by atoms with Crippen LogP contribution in [0.5, 0.6) is 0 Å². The average molecular weight is 311 g/mol. The Morgan fingerprint density at radius 2 is 1.91 bits per heavy atom. The highest BCUT2D eigenvalue weighted by molar-refractivity contribution is 5.92. The Morgan fingerprint density at radius 3 is 2.70 bits per heavy atom. The van der Waals surface area contributed by atoms with E-state index in [9.17, 15) is 0 Å². The number of para-hydroxylation sites is 1. The predicted molar refractivity (Wildman–Crippen MR) is 92.7 cm³/mol. The van der Waals surface area contributed by atoms with Crippen molar-refractivity contribution in [2.75, 3.05) is 36.5 Å². The number of guanidine groups is 1.